The predicted octanol–water partition coefficient (Wildman–Crippen LogP) is 2.11. The summed E-state index contributed by atoms with van der Waals surface area (Å²) in [5.41, 5.74) is 7.80. The topological polar surface area (TPSA) is 83.8 Å². The monoisotopic (exact) mass is 274 g/mol. The first-order chi connectivity index (χ1) is 9.52. The Labute approximate surface area is 119 Å². The number of hydrogen-bond donors (Lipinski definition) is 3. The van der Waals surface area contributed by atoms with Crippen molar-refractivity contribution in [3.63, 3.8) is 0 Å². The van der Waals surface area contributed by atoms with Crippen LogP contribution < -0.4 is 11.1 Å². The maximum Gasteiger partial charge on any atom is 0.237 e. The zero-order valence-electron chi connectivity index (χ0n) is 12.2. The van der Waals surface area contributed by atoms with Crippen LogP contribution >= 0.6 is 0 Å². The number of nitrogens with zero attached hydrogens (tertiary/aromatic N) is 1. The van der Waals surface area contributed by atoms with Crippen LogP contribution in [-0.4, -0.2) is 21.9 Å². The lowest BCUT2D eigenvalue weighted by atomic mass is 9.99. The maximum atomic E-state index is 12.1. The Morgan fingerprint density at radius 1 is 1.40 bits per heavy atom. The van der Waals surface area contributed by atoms with Crippen molar-refractivity contribution in [3.05, 3.63) is 30.1 Å². The summed E-state index contributed by atoms with van der Waals surface area (Å²) in [5, 5.41) is 2.91. The molecule has 0 saturated heterocycles. The molecule has 0 saturated carbocycles. The number of amides is 1. The van der Waals surface area contributed by atoms with Gasteiger partial charge in [0, 0.05) is 0 Å². The molecule has 0 spiro atoms. The van der Waals surface area contributed by atoms with Crippen LogP contribution in [0.5, 0.6) is 0 Å². The highest BCUT2D eigenvalue weighted by atomic mass is 16.2. The lowest BCUT2D eigenvalue weighted by Crippen LogP contribution is -2.45. The van der Waals surface area contributed by atoms with Gasteiger partial charge in [-0.15, -0.1) is 0 Å². The molecule has 1 aromatic heterocycles. The summed E-state index contributed by atoms with van der Waals surface area (Å²) in [6.45, 7) is 5.91. The SMILES string of the molecule is CCC(C)C(N)C(=O)NC(C)c1nc2ccccc2[nH]1. The molecule has 0 bridgehead atoms. The molecule has 5 heteroatoms. The molecule has 1 heterocycles. The fourth-order valence-corrected chi connectivity index (χ4v) is 2.07. The molecule has 0 aliphatic rings. The fourth-order valence-electron chi connectivity index (χ4n) is 2.07. The highest BCUT2D eigenvalue weighted by Gasteiger charge is 2.22. The number of H-pyrrole nitrogens is 1. The van der Waals surface area contributed by atoms with Gasteiger partial charge in [0.2, 0.25) is 5.91 Å². The molecule has 20 heavy (non-hydrogen) atoms. The van der Waals surface area contributed by atoms with Crippen molar-refractivity contribution in [2.24, 2.45) is 11.7 Å². The van der Waals surface area contributed by atoms with Gasteiger partial charge >= 0.3 is 0 Å². The highest BCUT2D eigenvalue weighted by molar-refractivity contribution is 5.82. The summed E-state index contributed by atoms with van der Waals surface area (Å²) in [5.74, 6) is 0.779. The molecular formula is C15H22N4O. The molecule has 0 aliphatic carbocycles. The third-order valence-electron chi connectivity index (χ3n) is 3.74. The number of rotatable bonds is 5. The van der Waals surface area contributed by atoms with E-state index in [1.165, 1.54) is 0 Å². The summed E-state index contributed by atoms with van der Waals surface area (Å²) in [4.78, 5) is 19.8. The first-order valence-electron chi connectivity index (χ1n) is 7.03. The zero-order chi connectivity index (χ0) is 14.7. The number of carbonyl (C=O) groups excluding carboxylic acids is 1. The zero-order valence-corrected chi connectivity index (χ0v) is 12.2. The molecule has 108 valence electrons. The summed E-state index contributed by atoms with van der Waals surface area (Å²) >= 11 is 0. The Hall–Kier alpha value is -1.88. The van der Waals surface area contributed by atoms with Crippen molar-refractivity contribution >= 4 is 16.9 Å². The maximum absolute atomic E-state index is 12.1. The molecule has 0 fully saturated rings. The third-order valence-corrected chi connectivity index (χ3v) is 3.74. The van der Waals surface area contributed by atoms with Crippen molar-refractivity contribution in [2.45, 2.75) is 39.3 Å². The standard InChI is InChI=1S/C15H22N4O/c1-4-9(2)13(16)15(20)17-10(3)14-18-11-7-5-6-8-12(11)19-14/h5-10,13H,4,16H2,1-3H3,(H,17,20)(H,18,19). The number of imidazole rings is 1. The fraction of sp³-hybridized carbons (Fsp3) is 0.467. The summed E-state index contributed by atoms with van der Waals surface area (Å²) in [6.07, 6.45) is 0.883. The number of hydrogen-bond acceptors (Lipinski definition) is 3. The number of benzene rings is 1. The van der Waals surface area contributed by atoms with Gasteiger partial charge in [0.15, 0.2) is 0 Å². The van der Waals surface area contributed by atoms with Crippen LogP contribution in [0.4, 0.5) is 0 Å². The second-order valence-electron chi connectivity index (χ2n) is 5.28. The van der Waals surface area contributed by atoms with E-state index in [9.17, 15) is 4.79 Å². The molecule has 5 nitrogen and oxygen atoms in total. The van der Waals surface area contributed by atoms with Crippen LogP contribution in [0.1, 0.15) is 39.1 Å². The molecule has 2 aromatic rings. The Balaban J connectivity index is 2.07. The van der Waals surface area contributed by atoms with Gasteiger partial charge in [0.25, 0.3) is 0 Å². The summed E-state index contributed by atoms with van der Waals surface area (Å²) in [6, 6.07) is 7.12. The van der Waals surface area contributed by atoms with Crippen LogP contribution in [0, 0.1) is 5.92 Å². The van der Waals surface area contributed by atoms with Gasteiger partial charge < -0.3 is 16.0 Å². The first kappa shape index (κ1) is 14.5. The van der Waals surface area contributed by atoms with E-state index in [0.29, 0.717) is 0 Å². The highest BCUT2D eigenvalue weighted by Crippen LogP contribution is 2.16. The Morgan fingerprint density at radius 2 is 2.10 bits per heavy atom. The third kappa shape index (κ3) is 2.99. The normalized spacial score (nSPS) is 15.8. The van der Waals surface area contributed by atoms with Crippen molar-refractivity contribution < 1.29 is 4.79 Å². The lowest BCUT2D eigenvalue weighted by Gasteiger charge is -2.20. The van der Waals surface area contributed by atoms with Gasteiger partial charge in [-0.1, -0.05) is 32.4 Å². The predicted molar refractivity (Wildman–Crippen MR) is 80.1 cm³/mol. The van der Waals surface area contributed by atoms with E-state index < -0.39 is 6.04 Å². The van der Waals surface area contributed by atoms with E-state index in [2.05, 4.69) is 15.3 Å². The van der Waals surface area contributed by atoms with Crippen LogP contribution in [0.3, 0.4) is 0 Å². The number of para-hydroxylation sites is 2. The molecule has 2 rings (SSSR count). The number of aromatic nitrogens is 2. The molecule has 1 aromatic carbocycles. The smallest absolute Gasteiger partial charge is 0.237 e. The number of aromatic amines is 1. The number of carbonyl (C=O) groups is 1. The molecule has 3 atom stereocenters. The van der Waals surface area contributed by atoms with E-state index in [1.54, 1.807) is 0 Å². The molecular weight excluding hydrogens is 252 g/mol. The second kappa shape index (κ2) is 6.05. The molecule has 1 amide bonds. The van der Waals surface area contributed by atoms with Gasteiger partial charge in [0.05, 0.1) is 23.1 Å². The largest absolute Gasteiger partial charge is 0.345 e. The number of nitrogens with two attached hydrogens (primary N) is 1. The molecule has 0 aliphatic heterocycles. The minimum atomic E-state index is -0.480. The lowest BCUT2D eigenvalue weighted by molar-refractivity contribution is -0.124. The van der Waals surface area contributed by atoms with Crippen LogP contribution in [-0.2, 0) is 4.79 Å². The van der Waals surface area contributed by atoms with E-state index in [0.717, 1.165) is 23.3 Å². The average Bonchev–Trinajstić information content (AvgIpc) is 2.89. The van der Waals surface area contributed by atoms with Gasteiger partial charge in [-0.25, -0.2) is 4.98 Å². The van der Waals surface area contributed by atoms with Gasteiger partial charge in [-0.05, 0) is 25.0 Å². The van der Waals surface area contributed by atoms with Crippen LogP contribution in [0.15, 0.2) is 24.3 Å². The van der Waals surface area contributed by atoms with Gasteiger partial charge in [-0.2, -0.15) is 0 Å². The molecule has 0 radical (unpaired) electrons. The second-order valence-corrected chi connectivity index (χ2v) is 5.28. The summed E-state index contributed by atoms with van der Waals surface area (Å²) < 4.78 is 0. The van der Waals surface area contributed by atoms with E-state index in [4.69, 9.17) is 5.73 Å². The van der Waals surface area contributed by atoms with Crippen molar-refractivity contribution in [2.75, 3.05) is 0 Å². The average molecular weight is 274 g/mol. The number of nitrogens with one attached hydrogen (secondary N) is 2. The van der Waals surface area contributed by atoms with Crippen molar-refractivity contribution in [1.29, 1.82) is 0 Å². The first-order valence-corrected chi connectivity index (χ1v) is 7.03. The van der Waals surface area contributed by atoms with Crippen LogP contribution in [0.2, 0.25) is 0 Å². The quantitative estimate of drug-likeness (QED) is 0.780. The van der Waals surface area contributed by atoms with E-state index >= 15 is 0 Å². The van der Waals surface area contributed by atoms with Crippen LogP contribution in [0.25, 0.3) is 11.0 Å². The van der Waals surface area contributed by atoms with Gasteiger partial charge in [0.1, 0.15) is 5.82 Å². The van der Waals surface area contributed by atoms with Crippen molar-refractivity contribution in [3.8, 4) is 0 Å². The minimum absolute atomic E-state index is 0.132. The van der Waals surface area contributed by atoms with E-state index in [-0.39, 0.29) is 17.9 Å². The molecule has 4 N–H and O–H groups in total. The molecule has 3 unspecified atom stereocenters. The van der Waals surface area contributed by atoms with Crippen molar-refractivity contribution in [1.82, 2.24) is 15.3 Å². The Kier molecular flexibility index (Phi) is 4.39. The summed E-state index contributed by atoms with van der Waals surface area (Å²) in [7, 11) is 0. The van der Waals surface area contributed by atoms with Gasteiger partial charge in [-0.3, -0.25) is 4.79 Å². The Bertz CT molecular complexity index is 559. The minimum Gasteiger partial charge on any atom is -0.345 e. The Morgan fingerprint density at radius 3 is 2.75 bits per heavy atom. The number of fused-ring (bicyclic) bond motifs is 1. The van der Waals surface area contributed by atoms with E-state index in [1.807, 2.05) is 45.0 Å².